The smallest absolute Gasteiger partial charge is 0.257 e. The molecule has 0 radical (unpaired) electrons. The summed E-state index contributed by atoms with van der Waals surface area (Å²) >= 11 is 5.07. The molecule has 3 N–H and O–H groups in total. The second-order valence-corrected chi connectivity index (χ2v) is 5.86. The van der Waals surface area contributed by atoms with Gasteiger partial charge in [-0.2, -0.15) is 0 Å². The Hall–Kier alpha value is -1.82. The van der Waals surface area contributed by atoms with Gasteiger partial charge >= 0.3 is 0 Å². The zero-order valence-electron chi connectivity index (χ0n) is 12.5. The summed E-state index contributed by atoms with van der Waals surface area (Å²) in [5.74, 6) is -0.0976. The van der Waals surface area contributed by atoms with Gasteiger partial charge in [-0.15, -0.1) is 0 Å². The highest BCUT2D eigenvalue weighted by atomic mass is 32.1. The second kappa shape index (κ2) is 7.26. The van der Waals surface area contributed by atoms with E-state index >= 15 is 0 Å². The second-order valence-electron chi connectivity index (χ2n) is 5.46. The minimum absolute atomic E-state index is 0.0976. The lowest BCUT2D eigenvalue weighted by atomic mass is 10.0. The van der Waals surface area contributed by atoms with Crippen LogP contribution in [0.4, 0.5) is 5.69 Å². The lowest BCUT2D eigenvalue weighted by molar-refractivity contribution is -0.120. The van der Waals surface area contributed by atoms with E-state index in [0.29, 0.717) is 11.7 Å². The topological polar surface area (TPSA) is 56.4 Å². The predicted octanol–water partition coefficient (Wildman–Crippen LogP) is 1.34. The van der Waals surface area contributed by atoms with Crippen molar-refractivity contribution in [3.8, 4) is 0 Å². The first-order chi connectivity index (χ1) is 10.1. The molecule has 1 amide bonds. The minimum atomic E-state index is -0.0976. The summed E-state index contributed by atoms with van der Waals surface area (Å²) in [4.78, 5) is 14.1. The third kappa shape index (κ3) is 4.60. The number of nitrogens with zero attached hydrogens (tertiary/aromatic N) is 1. The number of amides is 1. The fourth-order valence-electron chi connectivity index (χ4n) is 2.41. The molecule has 1 aromatic carbocycles. The molecular weight excluding hydrogens is 284 g/mol. The number of hydrogen-bond acceptors (Lipinski definition) is 3. The van der Waals surface area contributed by atoms with Crippen LogP contribution < -0.4 is 21.1 Å². The van der Waals surface area contributed by atoms with Crippen LogP contribution in [0.15, 0.2) is 24.3 Å². The molecule has 0 saturated carbocycles. The van der Waals surface area contributed by atoms with Crippen molar-refractivity contribution in [2.24, 2.45) is 0 Å². The van der Waals surface area contributed by atoms with Crippen LogP contribution in [0.3, 0.4) is 0 Å². The Bertz CT molecular complexity index is 518. The van der Waals surface area contributed by atoms with Gasteiger partial charge < -0.3 is 10.2 Å². The highest BCUT2D eigenvalue weighted by Crippen LogP contribution is 2.25. The zero-order valence-corrected chi connectivity index (χ0v) is 13.3. The normalized spacial score (nSPS) is 13.6. The van der Waals surface area contributed by atoms with Crippen molar-refractivity contribution >= 4 is 28.9 Å². The molecule has 5 nitrogen and oxygen atoms in total. The van der Waals surface area contributed by atoms with Gasteiger partial charge in [-0.1, -0.05) is 18.2 Å². The number of hydrogen-bond donors (Lipinski definition) is 3. The maximum absolute atomic E-state index is 12.0. The van der Waals surface area contributed by atoms with Gasteiger partial charge in [-0.25, -0.2) is 0 Å². The Kier molecular flexibility index (Phi) is 5.38. The van der Waals surface area contributed by atoms with Crippen molar-refractivity contribution < 1.29 is 4.79 Å². The molecule has 6 heteroatoms. The molecule has 114 valence electrons. The summed E-state index contributed by atoms with van der Waals surface area (Å²) in [7, 11) is 0. The van der Waals surface area contributed by atoms with E-state index in [9.17, 15) is 4.79 Å². The lowest BCUT2D eigenvalue weighted by Gasteiger charge is -2.30. The summed E-state index contributed by atoms with van der Waals surface area (Å²) in [6.07, 6.45) is 2.15. The number of thiocarbonyl (C=S) groups is 1. The summed E-state index contributed by atoms with van der Waals surface area (Å²) in [6.45, 7) is 5.20. The van der Waals surface area contributed by atoms with Crippen molar-refractivity contribution in [2.75, 3.05) is 18.0 Å². The average Bonchev–Trinajstić information content (AvgIpc) is 2.45. The maximum atomic E-state index is 12.0. The van der Waals surface area contributed by atoms with Crippen LogP contribution in [0.5, 0.6) is 0 Å². The fraction of sp³-hybridized carbons (Fsp3) is 0.467. The number of hydrazine groups is 1. The van der Waals surface area contributed by atoms with Crippen LogP contribution in [0.1, 0.15) is 25.8 Å². The van der Waals surface area contributed by atoms with E-state index in [1.807, 2.05) is 26.0 Å². The van der Waals surface area contributed by atoms with E-state index in [1.165, 1.54) is 5.56 Å². The van der Waals surface area contributed by atoms with E-state index in [-0.39, 0.29) is 11.9 Å². The third-order valence-corrected chi connectivity index (χ3v) is 3.50. The number of anilines is 1. The number of fused-ring (bicyclic) bond motifs is 1. The lowest BCUT2D eigenvalue weighted by Crippen LogP contribution is -2.51. The summed E-state index contributed by atoms with van der Waals surface area (Å²) in [5, 5.41) is 3.44. The summed E-state index contributed by atoms with van der Waals surface area (Å²) < 4.78 is 0. The number of carbonyl (C=O) groups excluding carboxylic acids is 1. The Morgan fingerprint density at radius 3 is 2.86 bits per heavy atom. The highest BCUT2D eigenvalue weighted by molar-refractivity contribution is 7.80. The Balaban J connectivity index is 1.85. The average molecular weight is 306 g/mol. The molecule has 0 fully saturated rings. The molecule has 0 bridgehead atoms. The van der Waals surface area contributed by atoms with Gasteiger partial charge in [0.05, 0.1) is 6.54 Å². The Labute approximate surface area is 131 Å². The molecule has 0 aromatic heterocycles. The number of benzene rings is 1. The van der Waals surface area contributed by atoms with E-state index in [4.69, 9.17) is 12.2 Å². The molecule has 1 aliphatic rings. The van der Waals surface area contributed by atoms with E-state index in [1.54, 1.807) is 0 Å². The van der Waals surface area contributed by atoms with Crippen molar-refractivity contribution in [1.82, 2.24) is 16.2 Å². The Morgan fingerprint density at radius 1 is 1.33 bits per heavy atom. The fourth-order valence-corrected chi connectivity index (χ4v) is 2.70. The first kappa shape index (κ1) is 15.6. The van der Waals surface area contributed by atoms with Gasteiger partial charge in [0.15, 0.2) is 5.11 Å². The van der Waals surface area contributed by atoms with Crippen LogP contribution in [-0.2, 0) is 11.2 Å². The third-order valence-electron chi connectivity index (χ3n) is 3.28. The van der Waals surface area contributed by atoms with Crippen molar-refractivity contribution in [2.45, 2.75) is 32.7 Å². The monoisotopic (exact) mass is 306 g/mol. The quantitative estimate of drug-likeness (QED) is 0.581. The molecule has 2 rings (SSSR count). The van der Waals surface area contributed by atoms with Crippen LogP contribution in [0.25, 0.3) is 0 Å². The molecule has 0 saturated heterocycles. The zero-order chi connectivity index (χ0) is 15.2. The van der Waals surface area contributed by atoms with Crippen LogP contribution >= 0.6 is 12.2 Å². The van der Waals surface area contributed by atoms with Gasteiger partial charge in [0.25, 0.3) is 5.91 Å². The van der Waals surface area contributed by atoms with Crippen LogP contribution in [0, 0.1) is 0 Å². The molecule has 0 spiro atoms. The van der Waals surface area contributed by atoms with Gasteiger partial charge in [0.2, 0.25) is 0 Å². The first-order valence-electron chi connectivity index (χ1n) is 7.24. The maximum Gasteiger partial charge on any atom is 0.257 e. The summed E-state index contributed by atoms with van der Waals surface area (Å²) in [6, 6.07) is 8.48. The van der Waals surface area contributed by atoms with Crippen molar-refractivity contribution in [3.63, 3.8) is 0 Å². The summed E-state index contributed by atoms with van der Waals surface area (Å²) in [5.41, 5.74) is 7.81. The Morgan fingerprint density at radius 2 is 2.10 bits per heavy atom. The molecule has 1 aliphatic heterocycles. The highest BCUT2D eigenvalue weighted by Gasteiger charge is 2.18. The molecule has 0 atom stereocenters. The van der Waals surface area contributed by atoms with Gasteiger partial charge in [-0.05, 0) is 50.5 Å². The number of para-hydroxylation sites is 1. The number of aryl methyl sites for hydroxylation is 1. The molecular formula is C15H22N4OS. The van der Waals surface area contributed by atoms with E-state index in [0.717, 1.165) is 25.1 Å². The van der Waals surface area contributed by atoms with E-state index < -0.39 is 0 Å². The van der Waals surface area contributed by atoms with E-state index in [2.05, 4.69) is 33.2 Å². The SMILES string of the molecule is CC(C)NC(=S)NNC(=O)CN1CCCc2ccccc21. The minimum Gasteiger partial charge on any atom is -0.362 e. The first-order valence-corrected chi connectivity index (χ1v) is 7.65. The van der Waals surface area contributed by atoms with Gasteiger partial charge in [-0.3, -0.25) is 15.6 Å². The molecule has 0 unspecified atom stereocenters. The molecule has 21 heavy (non-hydrogen) atoms. The predicted molar refractivity (Wildman–Crippen MR) is 89.1 cm³/mol. The largest absolute Gasteiger partial charge is 0.362 e. The van der Waals surface area contributed by atoms with Crippen LogP contribution in [-0.4, -0.2) is 30.2 Å². The van der Waals surface area contributed by atoms with Gasteiger partial charge in [0.1, 0.15) is 0 Å². The molecule has 0 aliphatic carbocycles. The number of rotatable bonds is 3. The standard InChI is InChI=1S/C15H22N4OS/c1-11(2)16-15(21)18-17-14(20)10-19-9-5-7-12-6-3-4-8-13(12)19/h3-4,6,8,11H,5,7,9-10H2,1-2H3,(H,17,20)(H2,16,18,21). The molecule has 1 aromatic rings. The number of carbonyl (C=O) groups is 1. The van der Waals surface area contributed by atoms with Crippen LogP contribution in [0.2, 0.25) is 0 Å². The van der Waals surface area contributed by atoms with Gasteiger partial charge in [0, 0.05) is 18.3 Å². The van der Waals surface area contributed by atoms with Crippen molar-refractivity contribution in [1.29, 1.82) is 0 Å². The number of nitrogens with one attached hydrogen (secondary N) is 3. The molecule has 1 heterocycles. The van der Waals surface area contributed by atoms with Crippen molar-refractivity contribution in [3.05, 3.63) is 29.8 Å².